The summed E-state index contributed by atoms with van der Waals surface area (Å²) in [6, 6.07) is 13.5. The number of nitrogens with one attached hydrogen (secondary N) is 1. The van der Waals surface area contributed by atoms with Gasteiger partial charge in [0.15, 0.2) is 0 Å². The van der Waals surface area contributed by atoms with E-state index in [9.17, 15) is 0 Å². The Morgan fingerprint density at radius 3 is 2.57 bits per heavy atom. The highest BCUT2D eigenvalue weighted by Crippen LogP contribution is 2.47. The first kappa shape index (κ1) is 13.0. The van der Waals surface area contributed by atoms with Crippen LogP contribution in [0.3, 0.4) is 0 Å². The van der Waals surface area contributed by atoms with E-state index in [1.165, 1.54) is 24.8 Å². The van der Waals surface area contributed by atoms with Gasteiger partial charge in [-0.1, -0.05) is 36.8 Å². The van der Waals surface area contributed by atoms with Crippen molar-refractivity contribution in [3.8, 4) is 0 Å². The van der Waals surface area contributed by atoms with E-state index in [-0.39, 0.29) is 5.41 Å². The number of nitrogens with zero attached hydrogens (tertiary/aromatic N) is 2. The van der Waals surface area contributed by atoms with Gasteiger partial charge < -0.3 is 5.32 Å². The van der Waals surface area contributed by atoms with Crippen molar-refractivity contribution in [2.24, 2.45) is 0 Å². The molecule has 3 nitrogen and oxygen atoms in total. The standard InChI is InChI=1S/C18H21N3/c1-2-5-14(6-3-1)18(10-4-11-18)17-19-12-9-16(21-17)13-20-15-7-8-15/h1-3,5-6,9,12,15,20H,4,7-8,10-11,13H2. The summed E-state index contributed by atoms with van der Waals surface area (Å²) in [4.78, 5) is 9.48. The van der Waals surface area contributed by atoms with Crippen LogP contribution in [-0.2, 0) is 12.0 Å². The second-order valence-electron chi connectivity index (χ2n) is 6.33. The average molecular weight is 279 g/mol. The molecule has 2 fully saturated rings. The van der Waals surface area contributed by atoms with Gasteiger partial charge in [0.1, 0.15) is 5.82 Å². The Bertz CT molecular complexity index is 615. The van der Waals surface area contributed by atoms with Crippen LogP contribution in [0.5, 0.6) is 0 Å². The fourth-order valence-electron chi connectivity index (χ4n) is 3.19. The predicted molar refractivity (Wildman–Crippen MR) is 83.0 cm³/mol. The molecule has 0 saturated heterocycles. The van der Waals surface area contributed by atoms with Crippen molar-refractivity contribution in [1.82, 2.24) is 15.3 Å². The molecule has 2 aromatic rings. The molecule has 1 heterocycles. The van der Waals surface area contributed by atoms with Crippen LogP contribution >= 0.6 is 0 Å². The van der Waals surface area contributed by atoms with Gasteiger partial charge in [-0.15, -0.1) is 0 Å². The van der Waals surface area contributed by atoms with Crippen molar-refractivity contribution in [3.63, 3.8) is 0 Å². The molecule has 21 heavy (non-hydrogen) atoms. The lowest BCUT2D eigenvalue weighted by Crippen LogP contribution is -2.37. The summed E-state index contributed by atoms with van der Waals surface area (Å²) in [5.74, 6) is 1.01. The topological polar surface area (TPSA) is 37.8 Å². The highest BCUT2D eigenvalue weighted by atomic mass is 15.0. The Morgan fingerprint density at radius 2 is 1.90 bits per heavy atom. The molecule has 2 aliphatic carbocycles. The maximum Gasteiger partial charge on any atom is 0.139 e. The van der Waals surface area contributed by atoms with E-state index in [4.69, 9.17) is 4.98 Å². The highest BCUT2D eigenvalue weighted by molar-refractivity contribution is 5.35. The molecule has 0 amide bonds. The zero-order valence-electron chi connectivity index (χ0n) is 12.3. The predicted octanol–water partition coefficient (Wildman–Crippen LogP) is 3.20. The molecule has 4 rings (SSSR count). The SMILES string of the molecule is c1ccc(C2(c3nccc(CNC4CC4)n3)CCC2)cc1. The molecule has 1 aromatic heterocycles. The summed E-state index contributed by atoms with van der Waals surface area (Å²) >= 11 is 0. The summed E-state index contributed by atoms with van der Waals surface area (Å²) in [5.41, 5.74) is 2.54. The van der Waals surface area contributed by atoms with Crippen LogP contribution in [0.4, 0.5) is 0 Å². The Hall–Kier alpha value is -1.74. The van der Waals surface area contributed by atoms with Gasteiger partial charge in [0.25, 0.3) is 0 Å². The monoisotopic (exact) mass is 279 g/mol. The minimum absolute atomic E-state index is 0.0524. The summed E-state index contributed by atoms with van der Waals surface area (Å²) in [7, 11) is 0. The summed E-state index contributed by atoms with van der Waals surface area (Å²) < 4.78 is 0. The quantitative estimate of drug-likeness (QED) is 0.913. The number of hydrogen-bond donors (Lipinski definition) is 1. The molecule has 1 aromatic carbocycles. The van der Waals surface area contributed by atoms with Crippen molar-refractivity contribution in [2.45, 2.75) is 50.1 Å². The zero-order valence-corrected chi connectivity index (χ0v) is 12.3. The number of hydrogen-bond acceptors (Lipinski definition) is 3. The fourth-order valence-corrected chi connectivity index (χ4v) is 3.19. The van der Waals surface area contributed by atoms with E-state index in [1.54, 1.807) is 0 Å². The Labute approximate surface area is 125 Å². The molecular weight excluding hydrogens is 258 g/mol. The molecule has 0 bridgehead atoms. The van der Waals surface area contributed by atoms with E-state index in [0.29, 0.717) is 0 Å². The molecule has 3 heteroatoms. The van der Waals surface area contributed by atoms with Crippen molar-refractivity contribution < 1.29 is 0 Å². The third-order valence-electron chi connectivity index (χ3n) is 4.82. The Morgan fingerprint density at radius 1 is 1.10 bits per heavy atom. The van der Waals surface area contributed by atoms with Gasteiger partial charge >= 0.3 is 0 Å². The Kier molecular flexibility index (Phi) is 3.23. The first-order valence-corrected chi connectivity index (χ1v) is 7.98. The third kappa shape index (κ3) is 2.46. The molecule has 0 unspecified atom stereocenters. The molecule has 108 valence electrons. The second-order valence-corrected chi connectivity index (χ2v) is 6.33. The third-order valence-corrected chi connectivity index (χ3v) is 4.82. The van der Waals surface area contributed by atoms with Crippen LogP contribution in [0.2, 0.25) is 0 Å². The molecule has 0 radical (unpaired) electrons. The van der Waals surface area contributed by atoms with Gasteiger partial charge in [-0.25, -0.2) is 9.97 Å². The van der Waals surface area contributed by atoms with Crippen LogP contribution in [0.15, 0.2) is 42.6 Å². The van der Waals surface area contributed by atoms with E-state index >= 15 is 0 Å². The summed E-state index contributed by atoms with van der Waals surface area (Å²) in [6.07, 6.45) is 8.14. The lowest BCUT2D eigenvalue weighted by atomic mass is 9.64. The van der Waals surface area contributed by atoms with Gasteiger partial charge in [0, 0.05) is 18.8 Å². The van der Waals surface area contributed by atoms with E-state index in [1.807, 2.05) is 12.3 Å². The van der Waals surface area contributed by atoms with Crippen LogP contribution in [0.25, 0.3) is 0 Å². The molecule has 0 atom stereocenters. The number of rotatable bonds is 5. The maximum absolute atomic E-state index is 4.87. The van der Waals surface area contributed by atoms with E-state index in [0.717, 1.165) is 36.9 Å². The molecule has 0 spiro atoms. The van der Waals surface area contributed by atoms with Crippen LogP contribution < -0.4 is 5.32 Å². The van der Waals surface area contributed by atoms with Gasteiger partial charge in [-0.2, -0.15) is 0 Å². The lowest BCUT2D eigenvalue weighted by Gasteiger charge is -2.41. The molecule has 2 saturated carbocycles. The lowest BCUT2D eigenvalue weighted by molar-refractivity contribution is 0.284. The van der Waals surface area contributed by atoms with E-state index in [2.05, 4.69) is 40.6 Å². The molecule has 0 aliphatic heterocycles. The molecule has 1 N–H and O–H groups in total. The highest BCUT2D eigenvalue weighted by Gasteiger charge is 2.42. The first-order valence-electron chi connectivity index (χ1n) is 7.98. The van der Waals surface area contributed by atoms with Crippen LogP contribution in [-0.4, -0.2) is 16.0 Å². The Balaban J connectivity index is 1.62. The number of aromatic nitrogens is 2. The summed E-state index contributed by atoms with van der Waals surface area (Å²) in [5, 5.41) is 3.54. The van der Waals surface area contributed by atoms with Crippen LogP contribution in [0.1, 0.15) is 49.2 Å². The van der Waals surface area contributed by atoms with Crippen molar-refractivity contribution in [2.75, 3.05) is 0 Å². The number of benzene rings is 1. The summed E-state index contributed by atoms with van der Waals surface area (Å²) in [6.45, 7) is 0.866. The average Bonchev–Trinajstić information content (AvgIpc) is 3.30. The zero-order chi connectivity index (χ0) is 14.1. The van der Waals surface area contributed by atoms with E-state index < -0.39 is 0 Å². The van der Waals surface area contributed by atoms with Gasteiger partial charge in [-0.3, -0.25) is 0 Å². The fraction of sp³-hybridized carbons (Fsp3) is 0.444. The first-order chi connectivity index (χ1) is 10.4. The minimum atomic E-state index is 0.0524. The van der Waals surface area contributed by atoms with Gasteiger partial charge in [0.2, 0.25) is 0 Å². The largest absolute Gasteiger partial charge is 0.308 e. The van der Waals surface area contributed by atoms with Crippen molar-refractivity contribution in [1.29, 1.82) is 0 Å². The van der Waals surface area contributed by atoms with Gasteiger partial charge in [0.05, 0.1) is 11.1 Å². The maximum atomic E-state index is 4.87. The van der Waals surface area contributed by atoms with Crippen molar-refractivity contribution >= 4 is 0 Å². The minimum Gasteiger partial charge on any atom is -0.308 e. The smallest absolute Gasteiger partial charge is 0.139 e. The van der Waals surface area contributed by atoms with Gasteiger partial charge in [-0.05, 0) is 37.3 Å². The normalized spacial score (nSPS) is 20.0. The van der Waals surface area contributed by atoms with Crippen molar-refractivity contribution in [3.05, 3.63) is 59.7 Å². The van der Waals surface area contributed by atoms with Crippen LogP contribution in [0, 0.1) is 0 Å². The molecular formula is C18H21N3. The second kappa shape index (κ2) is 5.23. The molecule has 2 aliphatic rings.